The Kier molecular flexibility index (Phi) is 6.68. The van der Waals surface area contributed by atoms with E-state index in [-0.39, 0.29) is 31.1 Å². The highest BCUT2D eigenvalue weighted by Crippen LogP contribution is 2.44. The molecule has 0 heterocycles. The zero-order chi connectivity index (χ0) is 23.4. The van der Waals surface area contributed by atoms with Gasteiger partial charge in [-0.1, -0.05) is 72.8 Å². The van der Waals surface area contributed by atoms with Gasteiger partial charge in [-0.15, -0.1) is 0 Å². The van der Waals surface area contributed by atoms with Crippen molar-refractivity contribution in [3.8, 4) is 11.1 Å². The number of fused-ring (bicyclic) bond motifs is 3. The smallest absolute Gasteiger partial charge is 0.407 e. The van der Waals surface area contributed by atoms with Crippen LogP contribution in [0.5, 0.6) is 0 Å². The summed E-state index contributed by atoms with van der Waals surface area (Å²) in [5.74, 6) is -1.71. The van der Waals surface area contributed by atoms with E-state index in [1.54, 1.807) is 0 Å². The number of hydrogen-bond donors (Lipinski definition) is 2. The zero-order valence-corrected chi connectivity index (χ0v) is 17.7. The largest absolute Gasteiger partial charge is 0.481 e. The first-order chi connectivity index (χ1) is 15.9. The third-order valence-corrected chi connectivity index (χ3v) is 5.92. The Balaban J connectivity index is 1.39. The van der Waals surface area contributed by atoms with Gasteiger partial charge in [0.1, 0.15) is 6.61 Å². The van der Waals surface area contributed by atoms with Crippen molar-refractivity contribution in [3.63, 3.8) is 0 Å². The van der Waals surface area contributed by atoms with Crippen LogP contribution in [-0.2, 0) is 9.53 Å². The van der Waals surface area contributed by atoms with E-state index in [9.17, 15) is 23.5 Å². The second-order valence-electron chi connectivity index (χ2n) is 7.97. The van der Waals surface area contributed by atoms with Gasteiger partial charge in [-0.3, -0.25) is 4.79 Å². The van der Waals surface area contributed by atoms with E-state index >= 15 is 0 Å². The maximum absolute atomic E-state index is 12.8. The molecule has 33 heavy (non-hydrogen) atoms. The summed E-state index contributed by atoms with van der Waals surface area (Å²) in [6.07, 6.45) is -3.51. The number of halogens is 2. The first-order valence-electron chi connectivity index (χ1n) is 10.6. The highest BCUT2D eigenvalue weighted by atomic mass is 19.3. The summed E-state index contributed by atoms with van der Waals surface area (Å²) in [5.41, 5.74) is 4.84. The molecule has 0 saturated carbocycles. The molecule has 2 N–H and O–H groups in total. The van der Waals surface area contributed by atoms with E-state index in [0.29, 0.717) is 5.56 Å². The van der Waals surface area contributed by atoms with E-state index in [1.165, 1.54) is 24.3 Å². The molecule has 3 aromatic rings. The third-order valence-electron chi connectivity index (χ3n) is 5.92. The molecule has 1 unspecified atom stereocenters. The monoisotopic (exact) mass is 451 g/mol. The summed E-state index contributed by atoms with van der Waals surface area (Å²) in [4.78, 5) is 23.7. The number of hydrogen-bond acceptors (Lipinski definition) is 3. The first kappa shape index (κ1) is 22.5. The molecule has 0 radical (unpaired) electrons. The number of carboxylic acids is 1. The van der Waals surface area contributed by atoms with Gasteiger partial charge >= 0.3 is 12.1 Å². The van der Waals surface area contributed by atoms with Crippen molar-refractivity contribution in [2.45, 2.75) is 24.7 Å². The molecule has 1 atom stereocenters. The van der Waals surface area contributed by atoms with Crippen molar-refractivity contribution in [1.82, 2.24) is 5.32 Å². The highest BCUT2D eigenvalue weighted by Gasteiger charge is 2.29. The Labute approximate surface area is 190 Å². The van der Waals surface area contributed by atoms with Gasteiger partial charge in [-0.2, -0.15) is 0 Å². The Morgan fingerprint density at radius 3 is 1.97 bits per heavy atom. The lowest BCUT2D eigenvalue weighted by Crippen LogP contribution is -2.31. The number of alkyl carbamates (subject to hydrolysis) is 1. The standard InChI is InChI=1S/C26H23F2NO4/c27-25(28)17-11-9-16(10-12-17)18(13-24(30)31)14-29-26(32)33-15-23-21-7-3-1-5-19(21)20-6-2-4-8-22(20)23/h1-12,18,23,25H,13-15H2,(H,29,32)(H,30,31). The average molecular weight is 451 g/mol. The molecular weight excluding hydrogens is 428 g/mol. The average Bonchev–Trinajstić information content (AvgIpc) is 3.14. The van der Waals surface area contributed by atoms with Crippen LogP contribution in [0.1, 0.15) is 46.9 Å². The molecule has 3 aromatic carbocycles. The van der Waals surface area contributed by atoms with Gasteiger partial charge in [0.25, 0.3) is 6.43 Å². The Bertz CT molecular complexity index is 1100. The molecule has 0 aliphatic heterocycles. The molecule has 0 aromatic heterocycles. The number of amides is 1. The number of ether oxygens (including phenoxy) is 1. The van der Waals surface area contributed by atoms with Crippen LogP contribution < -0.4 is 5.32 Å². The third kappa shape index (κ3) is 5.03. The van der Waals surface area contributed by atoms with E-state index in [1.807, 2.05) is 48.5 Å². The van der Waals surface area contributed by atoms with Crippen LogP contribution in [0.3, 0.4) is 0 Å². The Morgan fingerprint density at radius 1 is 0.879 bits per heavy atom. The molecule has 4 rings (SSSR count). The molecule has 0 bridgehead atoms. The molecule has 1 amide bonds. The number of carbonyl (C=O) groups is 2. The quantitative estimate of drug-likeness (QED) is 0.459. The minimum absolute atomic E-state index is 0.0109. The summed E-state index contributed by atoms with van der Waals surface area (Å²) in [6, 6.07) is 21.5. The van der Waals surface area contributed by atoms with Crippen molar-refractivity contribution in [2.24, 2.45) is 0 Å². The van der Waals surface area contributed by atoms with Gasteiger partial charge in [0.15, 0.2) is 0 Å². The Morgan fingerprint density at radius 2 is 1.42 bits per heavy atom. The predicted octanol–water partition coefficient (Wildman–Crippen LogP) is 5.72. The maximum atomic E-state index is 12.8. The molecule has 0 spiro atoms. The van der Waals surface area contributed by atoms with Crippen LogP contribution >= 0.6 is 0 Å². The number of nitrogens with one attached hydrogen (secondary N) is 1. The van der Waals surface area contributed by atoms with Crippen LogP contribution in [-0.4, -0.2) is 30.3 Å². The number of carbonyl (C=O) groups excluding carboxylic acids is 1. The maximum Gasteiger partial charge on any atom is 0.407 e. The SMILES string of the molecule is O=C(O)CC(CNC(=O)OCC1c2ccccc2-c2ccccc21)c1ccc(C(F)F)cc1. The first-order valence-corrected chi connectivity index (χ1v) is 10.6. The van der Waals surface area contributed by atoms with Gasteiger partial charge in [-0.25, -0.2) is 13.6 Å². The van der Waals surface area contributed by atoms with Crippen molar-refractivity contribution in [3.05, 3.63) is 95.1 Å². The van der Waals surface area contributed by atoms with Crippen molar-refractivity contribution in [2.75, 3.05) is 13.2 Å². The predicted molar refractivity (Wildman–Crippen MR) is 119 cm³/mol. The number of benzene rings is 3. The fourth-order valence-corrected chi connectivity index (χ4v) is 4.29. The minimum atomic E-state index is -2.60. The molecule has 5 nitrogen and oxygen atoms in total. The topological polar surface area (TPSA) is 75.6 Å². The molecular formula is C26H23F2NO4. The lowest BCUT2D eigenvalue weighted by molar-refractivity contribution is -0.137. The minimum Gasteiger partial charge on any atom is -0.481 e. The summed E-state index contributed by atoms with van der Waals surface area (Å²) < 4.78 is 31.1. The van der Waals surface area contributed by atoms with Crippen molar-refractivity contribution < 1.29 is 28.2 Å². The number of carboxylic acid groups (broad SMARTS) is 1. The molecule has 0 fully saturated rings. The van der Waals surface area contributed by atoms with Gasteiger partial charge in [0, 0.05) is 23.9 Å². The molecule has 1 aliphatic rings. The molecule has 7 heteroatoms. The lowest BCUT2D eigenvalue weighted by Gasteiger charge is -2.18. The molecule has 1 aliphatic carbocycles. The van der Waals surface area contributed by atoms with Gasteiger partial charge in [0.05, 0.1) is 6.42 Å². The summed E-state index contributed by atoms with van der Waals surface area (Å²) >= 11 is 0. The van der Waals surface area contributed by atoms with Gasteiger partial charge in [-0.05, 0) is 27.8 Å². The Hall–Kier alpha value is -3.74. The van der Waals surface area contributed by atoms with E-state index in [4.69, 9.17) is 4.74 Å². The normalized spacial score (nSPS) is 13.3. The van der Waals surface area contributed by atoms with Crippen molar-refractivity contribution >= 4 is 12.1 Å². The van der Waals surface area contributed by atoms with Crippen molar-refractivity contribution in [1.29, 1.82) is 0 Å². The van der Waals surface area contributed by atoms with E-state index in [2.05, 4.69) is 5.32 Å². The summed E-state index contributed by atoms with van der Waals surface area (Å²) in [7, 11) is 0. The fraction of sp³-hybridized carbons (Fsp3) is 0.231. The second-order valence-corrected chi connectivity index (χ2v) is 7.97. The number of rotatable bonds is 8. The number of alkyl halides is 2. The highest BCUT2D eigenvalue weighted by molar-refractivity contribution is 5.79. The van der Waals surface area contributed by atoms with Crippen LogP contribution in [0, 0.1) is 0 Å². The zero-order valence-electron chi connectivity index (χ0n) is 17.7. The van der Waals surface area contributed by atoms with Gasteiger partial charge < -0.3 is 15.2 Å². The van der Waals surface area contributed by atoms with Crippen LogP contribution in [0.2, 0.25) is 0 Å². The summed E-state index contributed by atoms with van der Waals surface area (Å²) in [6.45, 7) is 0.156. The lowest BCUT2D eigenvalue weighted by atomic mass is 9.95. The van der Waals surface area contributed by atoms with E-state index in [0.717, 1.165) is 22.3 Å². The second kappa shape index (κ2) is 9.81. The van der Waals surface area contributed by atoms with Crippen LogP contribution in [0.25, 0.3) is 11.1 Å². The molecule has 0 saturated heterocycles. The van der Waals surface area contributed by atoms with Gasteiger partial charge in [0.2, 0.25) is 0 Å². The molecule has 170 valence electrons. The van der Waals surface area contributed by atoms with Crippen LogP contribution in [0.4, 0.5) is 13.6 Å². The van der Waals surface area contributed by atoms with Crippen LogP contribution in [0.15, 0.2) is 72.8 Å². The fourth-order valence-electron chi connectivity index (χ4n) is 4.29. The van der Waals surface area contributed by atoms with E-state index < -0.39 is 24.4 Å². The number of aliphatic carboxylic acids is 1. The summed E-state index contributed by atoms with van der Waals surface area (Å²) in [5, 5.41) is 11.8.